The van der Waals surface area contributed by atoms with Crippen molar-refractivity contribution < 1.29 is 4.79 Å². The van der Waals surface area contributed by atoms with Crippen molar-refractivity contribution in [1.29, 1.82) is 0 Å². The zero-order valence-electron chi connectivity index (χ0n) is 10.6. The smallest absolute Gasteiger partial charge is 0.198 e. The Hall–Kier alpha value is -0.680. The Morgan fingerprint density at radius 1 is 1.59 bits per heavy atom. The Bertz CT molecular complexity index is 387. The molecule has 1 atom stereocenters. The maximum absolute atomic E-state index is 12.2. The monoisotopic (exact) mass is 301 g/mol. The molecule has 0 saturated carbocycles. The number of hydrogen-bond acceptors (Lipinski definition) is 3. The van der Waals surface area contributed by atoms with Crippen molar-refractivity contribution in [3.63, 3.8) is 0 Å². The summed E-state index contributed by atoms with van der Waals surface area (Å²) in [6.45, 7) is 6.91. The van der Waals surface area contributed by atoms with E-state index in [0.29, 0.717) is 18.0 Å². The molecule has 0 aliphatic rings. The number of rotatable bonds is 6. The number of halogens is 1. The highest BCUT2D eigenvalue weighted by molar-refractivity contribution is 9.10. The fourth-order valence-electron chi connectivity index (χ4n) is 1.78. The van der Waals surface area contributed by atoms with Crippen LogP contribution >= 0.6 is 15.9 Å². The Balaban J connectivity index is 2.90. The van der Waals surface area contributed by atoms with Gasteiger partial charge in [0.1, 0.15) is 5.69 Å². The number of ketones is 1. The number of aromatic nitrogens is 2. The minimum absolute atomic E-state index is 0.0310. The fraction of sp³-hybridized carbons (Fsp3) is 0.667. The molecule has 0 aliphatic heterocycles. The summed E-state index contributed by atoms with van der Waals surface area (Å²) in [5, 5.41) is 4.18. The molecule has 0 radical (unpaired) electrons. The Morgan fingerprint density at radius 2 is 2.24 bits per heavy atom. The third-order valence-electron chi connectivity index (χ3n) is 2.53. The topological polar surface area (TPSA) is 60.9 Å². The Labute approximate surface area is 111 Å². The van der Waals surface area contributed by atoms with Crippen LogP contribution in [0, 0.1) is 5.92 Å². The van der Waals surface area contributed by atoms with Crippen LogP contribution < -0.4 is 5.73 Å². The second kappa shape index (κ2) is 6.31. The second-order valence-corrected chi connectivity index (χ2v) is 5.52. The van der Waals surface area contributed by atoms with Gasteiger partial charge < -0.3 is 5.73 Å². The van der Waals surface area contributed by atoms with Crippen LogP contribution in [0.15, 0.2) is 10.7 Å². The summed E-state index contributed by atoms with van der Waals surface area (Å²) in [7, 11) is 0. The molecule has 0 fully saturated rings. The molecule has 17 heavy (non-hydrogen) atoms. The van der Waals surface area contributed by atoms with E-state index in [0.717, 1.165) is 17.4 Å². The molecule has 0 spiro atoms. The van der Waals surface area contributed by atoms with Crippen LogP contribution in [0.5, 0.6) is 0 Å². The van der Waals surface area contributed by atoms with Gasteiger partial charge in [0.15, 0.2) is 5.78 Å². The lowest BCUT2D eigenvalue weighted by Crippen LogP contribution is -2.33. The Kier molecular flexibility index (Phi) is 5.33. The van der Waals surface area contributed by atoms with Gasteiger partial charge in [-0.15, -0.1) is 0 Å². The largest absolute Gasteiger partial charge is 0.321 e. The first kappa shape index (κ1) is 14.4. The van der Waals surface area contributed by atoms with E-state index in [2.05, 4.69) is 41.8 Å². The Morgan fingerprint density at radius 3 is 2.76 bits per heavy atom. The molecule has 1 rings (SSSR count). The maximum Gasteiger partial charge on any atom is 0.198 e. The van der Waals surface area contributed by atoms with Crippen LogP contribution in [0.4, 0.5) is 0 Å². The quantitative estimate of drug-likeness (QED) is 0.822. The average Bonchev–Trinajstić information content (AvgIpc) is 2.58. The van der Waals surface area contributed by atoms with Gasteiger partial charge in [-0.3, -0.25) is 9.48 Å². The predicted octanol–water partition coefficient (Wildman–Crippen LogP) is 2.61. The van der Waals surface area contributed by atoms with Crippen LogP contribution in [0.2, 0.25) is 0 Å². The van der Waals surface area contributed by atoms with Gasteiger partial charge in [0, 0.05) is 6.54 Å². The third-order valence-corrected chi connectivity index (χ3v) is 3.11. The average molecular weight is 302 g/mol. The lowest BCUT2D eigenvalue weighted by Gasteiger charge is -2.14. The standard InChI is InChI=1S/C12H20BrN3O/c1-4-5-16-11(9(13)7-15-16)12(17)10(14)6-8(2)3/h7-8,10H,4-6,14H2,1-3H3. The molecule has 4 nitrogen and oxygen atoms in total. The summed E-state index contributed by atoms with van der Waals surface area (Å²) >= 11 is 3.36. The van der Waals surface area contributed by atoms with E-state index in [-0.39, 0.29) is 5.78 Å². The molecule has 1 unspecified atom stereocenters. The number of nitrogens with zero attached hydrogens (tertiary/aromatic N) is 2. The fourth-order valence-corrected chi connectivity index (χ4v) is 2.27. The zero-order chi connectivity index (χ0) is 13.0. The van der Waals surface area contributed by atoms with Gasteiger partial charge in [-0.25, -0.2) is 0 Å². The number of nitrogens with two attached hydrogens (primary N) is 1. The molecule has 5 heteroatoms. The molecular weight excluding hydrogens is 282 g/mol. The number of Topliss-reactive ketones (excluding diaryl/α,β-unsaturated/α-hetero) is 1. The number of carbonyl (C=O) groups is 1. The van der Waals surface area contributed by atoms with Crippen molar-refractivity contribution in [1.82, 2.24) is 9.78 Å². The van der Waals surface area contributed by atoms with Gasteiger partial charge in [-0.2, -0.15) is 5.10 Å². The van der Waals surface area contributed by atoms with Gasteiger partial charge in [-0.1, -0.05) is 20.8 Å². The van der Waals surface area contributed by atoms with Crippen LogP contribution in [-0.2, 0) is 6.54 Å². The maximum atomic E-state index is 12.2. The highest BCUT2D eigenvalue weighted by Gasteiger charge is 2.23. The molecule has 96 valence electrons. The van der Waals surface area contributed by atoms with Crippen LogP contribution in [0.25, 0.3) is 0 Å². The minimum atomic E-state index is -0.446. The van der Waals surface area contributed by atoms with E-state index in [1.165, 1.54) is 0 Å². The molecule has 2 N–H and O–H groups in total. The molecule has 0 bridgehead atoms. The minimum Gasteiger partial charge on any atom is -0.321 e. The molecule has 1 aromatic rings. The molecule has 0 amide bonds. The summed E-state index contributed by atoms with van der Waals surface area (Å²) < 4.78 is 2.46. The zero-order valence-corrected chi connectivity index (χ0v) is 12.2. The molecule has 1 aromatic heterocycles. The summed E-state index contributed by atoms with van der Waals surface area (Å²) in [5.41, 5.74) is 6.53. The van der Waals surface area contributed by atoms with Crippen LogP contribution in [-0.4, -0.2) is 21.6 Å². The summed E-state index contributed by atoms with van der Waals surface area (Å²) in [4.78, 5) is 12.2. The summed E-state index contributed by atoms with van der Waals surface area (Å²) in [5.74, 6) is 0.381. The summed E-state index contributed by atoms with van der Waals surface area (Å²) in [6.07, 6.45) is 3.29. The van der Waals surface area contributed by atoms with Crippen molar-refractivity contribution in [3.8, 4) is 0 Å². The number of hydrogen-bond donors (Lipinski definition) is 1. The van der Waals surface area contributed by atoms with Gasteiger partial charge in [0.25, 0.3) is 0 Å². The van der Waals surface area contributed by atoms with Crippen LogP contribution in [0.1, 0.15) is 44.1 Å². The van der Waals surface area contributed by atoms with Crippen molar-refractivity contribution in [2.75, 3.05) is 0 Å². The molecule has 0 aromatic carbocycles. The first-order valence-corrected chi connectivity index (χ1v) is 6.77. The molecule has 0 saturated heterocycles. The van der Waals surface area contributed by atoms with Crippen molar-refractivity contribution in [2.45, 2.75) is 46.2 Å². The van der Waals surface area contributed by atoms with Crippen LogP contribution in [0.3, 0.4) is 0 Å². The van der Waals surface area contributed by atoms with Gasteiger partial charge in [0.2, 0.25) is 0 Å². The van der Waals surface area contributed by atoms with E-state index in [1.807, 2.05) is 0 Å². The normalized spacial score (nSPS) is 13.1. The third kappa shape index (κ3) is 3.64. The van der Waals surface area contributed by atoms with Crippen molar-refractivity contribution in [3.05, 3.63) is 16.4 Å². The van der Waals surface area contributed by atoms with E-state index >= 15 is 0 Å². The van der Waals surface area contributed by atoms with Gasteiger partial charge in [0.05, 0.1) is 16.7 Å². The molecular formula is C12H20BrN3O. The van der Waals surface area contributed by atoms with E-state index in [9.17, 15) is 4.79 Å². The number of aryl methyl sites for hydroxylation is 1. The molecule has 0 aliphatic carbocycles. The lowest BCUT2D eigenvalue weighted by molar-refractivity contribution is 0.0939. The SMILES string of the molecule is CCCn1ncc(Br)c1C(=O)C(N)CC(C)C. The highest BCUT2D eigenvalue weighted by atomic mass is 79.9. The lowest BCUT2D eigenvalue weighted by atomic mass is 9.99. The summed E-state index contributed by atoms with van der Waals surface area (Å²) in [6, 6.07) is -0.446. The van der Waals surface area contributed by atoms with Crippen molar-refractivity contribution >= 4 is 21.7 Å². The van der Waals surface area contributed by atoms with E-state index in [1.54, 1.807) is 10.9 Å². The van der Waals surface area contributed by atoms with Gasteiger partial charge in [-0.05, 0) is 34.7 Å². The second-order valence-electron chi connectivity index (χ2n) is 4.66. The predicted molar refractivity (Wildman–Crippen MR) is 72.0 cm³/mol. The number of carbonyl (C=O) groups excluding carboxylic acids is 1. The first-order chi connectivity index (χ1) is 7.97. The van der Waals surface area contributed by atoms with E-state index in [4.69, 9.17) is 5.73 Å². The molecule has 1 heterocycles. The first-order valence-electron chi connectivity index (χ1n) is 5.98. The van der Waals surface area contributed by atoms with Gasteiger partial charge >= 0.3 is 0 Å². The van der Waals surface area contributed by atoms with Crippen molar-refractivity contribution in [2.24, 2.45) is 11.7 Å². The van der Waals surface area contributed by atoms with E-state index < -0.39 is 6.04 Å². The highest BCUT2D eigenvalue weighted by Crippen LogP contribution is 2.19.